The first-order valence-corrected chi connectivity index (χ1v) is 7.70. The summed E-state index contributed by atoms with van der Waals surface area (Å²) in [6.07, 6.45) is 1.25. The van der Waals surface area contributed by atoms with Crippen LogP contribution < -0.4 is 11.3 Å². The third-order valence-electron chi connectivity index (χ3n) is 3.78. The number of nitrogens with one attached hydrogen (secondary N) is 1. The Kier molecular flexibility index (Phi) is 4.24. The molecule has 1 heterocycles. The first-order valence-electron chi connectivity index (χ1n) is 6.82. The molecule has 0 bridgehead atoms. The molecule has 2 unspecified atom stereocenters. The molecule has 2 aromatic carbocycles. The first-order chi connectivity index (χ1) is 10.2. The highest BCUT2D eigenvalue weighted by molar-refractivity contribution is 8.00. The van der Waals surface area contributed by atoms with Gasteiger partial charge in [-0.25, -0.2) is 8.78 Å². The Bertz CT molecular complexity index is 623. The van der Waals surface area contributed by atoms with E-state index in [0.717, 1.165) is 18.6 Å². The van der Waals surface area contributed by atoms with Crippen molar-refractivity contribution >= 4 is 11.8 Å². The van der Waals surface area contributed by atoms with Crippen molar-refractivity contribution in [2.75, 3.05) is 0 Å². The molecule has 0 aliphatic carbocycles. The number of benzene rings is 2. The molecule has 5 heteroatoms. The van der Waals surface area contributed by atoms with Gasteiger partial charge in [-0.15, -0.1) is 11.8 Å². The molecule has 0 amide bonds. The normalized spacial score (nSPS) is 18.5. The average molecular weight is 306 g/mol. The lowest BCUT2D eigenvalue weighted by atomic mass is 9.99. The van der Waals surface area contributed by atoms with Crippen LogP contribution in [0.2, 0.25) is 0 Å². The molecule has 1 aliphatic rings. The van der Waals surface area contributed by atoms with Gasteiger partial charge in [0.2, 0.25) is 0 Å². The number of hydrogen-bond acceptors (Lipinski definition) is 3. The molecule has 0 fully saturated rings. The average Bonchev–Trinajstić information content (AvgIpc) is 2.91. The maximum Gasteiger partial charge on any atom is 0.126 e. The van der Waals surface area contributed by atoms with E-state index in [1.165, 1.54) is 16.5 Å². The number of hydrogen-bond donors (Lipinski definition) is 2. The predicted octanol–water partition coefficient (Wildman–Crippen LogP) is 3.06. The largest absolute Gasteiger partial charge is 0.271 e. The van der Waals surface area contributed by atoms with Crippen LogP contribution in [0.15, 0.2) is 47.4 Å². The van der Waals surface area contributed by atoms with E-state index in [9.17, 15) is 8.78 Å². The lowest BCUT2D eigenvalue weighted by molar-refractivity contribution is 0.490. The van der Waals surface area contributed by atoms with Crippen LogP contribution in [0.1, 0.15) is 11.1 Å². The van der Waals surface area contributed by atoms with Crippen molar-refractivity contribution in [3.05, 3.63) is 65.2 Å². The van der Waals surface area contributed by atoms with Gasteiger partial charge in [-0.2, -0.15) is 0 Å². The molecule has 2 atom stereocenters. The van der Waals surface area contributed by atoms with Gasteiger partial charge in [-0.3, -0.25) is 11.3 Å². The summed E-state index contributed by atoms with van der Waals surface area (Å²) in [5.41, 5.74) is 4.40. The fourth-order valence-electron chi connectivity index (χ4n) is 2.67. The highest BCUT2D eigenvalue weighted by Gasteiger charge is 2.29. The third kappa shape index (κ3) is 3.10. The molecule has 0 aromatic heterocycles. The van der Waals surface area contributed by atoms with E-state index in [2.05, 4.69) is 17.6 Å². The number of thioether (sulfide) groups is 1. The Morgan fingerprint density at radius 2 is 2.05 bits per heavy atom. The minimum atomic E-state index is -0.426. The SMILES string of the molecule is NNC(Cc1cc(F)ccc1F)C1Cc2ccccc2S1. The third-order valence-corrected chi connectivity index (χ3v) is 5.23. The quantitative estimate of drug-likeness (QED) is 0.673. The summed E-state index contributed by atoms with van der Waals surface area (Å²) in [7, 11) is 0. The van der Waals surface area contributed by atoms with Crippen LogP contribution in [-0.4, -0.2) is 11.3 Å². The maximum atomic E-state index is 13.8. The van der Waals surface area contributed by atoms with Gasteiger partial charge in [0, 0.05) is 16.2 Å². The molecular formula is C16H16F2N2S. The minimum absolute atomic E-state index is 0.112. The highest BCUT2D eigenvalue weighted by Crippen LogP contribution is 2.38. The zero-order chi connectivity index (χ0) is 14.8. The van der Waals surface area contributed by atoms with Crippen molar-refractivity contribution in [3.8, 4) is 0 Å². The lowest BCUT2D eigenvalue weighted by Gasteiger charge is -2.22. The summed E-state index contributed by atoms with van der Waals surface area (Å²) in [6, 6.07) is 11.6. The van der Waals surface area contributed by atoms with E-state index in [-0.39, 0.29) is 11.3 Å². The summed E-state index contributed by atoms with van der Waals surface area (Å²) in [4.78, 5) is 1.24. The van der Waals surface area contributed by atoms with Gasteiger partial charge >= 0.3 is 0 Å². The Morgan fingerprint density at radius 3 is 2.81 bits per heavy atom. The van der Waals surface area contributed by atoms with Crippen molar-refractivity contribution < 1.29 is 8.78 Å². The molecular weight excluding hydrogens is 290 g/mol. The van der Waals surface area contributed by atoms with Crippen molar-refractivity contribution in [3.63, 3.8) is 0 Å². The molecule has 110 valence electrons. The second kappa shape index (κ2) is 6.13. The minimum Gasteiger partial charge on any atom is -0.271 e. The van der Waals surface area contributed by atoms with Crippen LogP contribution in [0.25, 0.3) is 0 Å². The fraction of sp³-hybridized carbons (Fsp3) is 0.250. The lowest BCUT2D eigenvalue weighted by Crippen LogP contribution is -2.44. The summed E-state index contributed by atoms with van der Waals surface area (Å²) >= 11 is 1.74. The topological polar surface area (TPSA) is 38.0 Å². The summed E-state index contributed by atoms with van der Waals surface area (Å²) in [5, 5.41) is 0.218. The van der Waals surface area contributed by atoms with Gasteiger partial charge < -0.3 is 0 Å². The van der Waals surface area contributed by atoms with Crippen LogP contribution in [0, 0.1) is 11.6 Å². The van der Waals surface area contributed by atoms with Gasteiger partial charge in [-0.05, 0) is 48.2 Å². The van der Waals surface area contributed by atoms with E-state index in [4.69, 9.17) is 5.84 Å². The predicted molar refractivity (Wildman–Crippen MR) is 81.0 cm³/mol. The van der Waals surface area contributed by atoms with Crippen LogP contribution in [-0.2, 0) is 12.8 Å². The molecule has 0 saturated heterocycles. The van der Waals surface area contributed by atoms with Crippen molar-refractivity contribution in [2.24, 2.45) is 5.84 Å². The van der Waals surface area contributed by atoms with E-state index in [0.29, 0.717) is 12.0 Å². The Labute approximate surface area is 126 Å². The molecule has 0 saturated carbocycles. The number of hydrazine groups is 1. The van der Waals surface area contributed by atoms with Gasteiger partial charge in [0.1, 0.15) is 11.6 Å². The second-order valence-electron chi connectivity index (χ2n) is 5.18. The van der Waals surface area contributed by atoms with Crippen molar-refractivity contribution in [2.45, 2.75) is 29.0 Å². The summed E-state index contributed by atoms with van der Waals surface area (Å²) in [6.45, 7) is 0. The molecule has 0 spiro atoms. The molecule has 2 aromatic rings. The van der Waals surface area contributed by atoms with Crippen LogP contribution in [0.4, 0.5) is 8.78 Å². The number of nitrogens with two attached hydrogens (primary N) is 1. The van der Waals surface area contributed by atoms with E-state index < -0.39 is 11.6 Å². The Balaban J connectivity index is 1.76. The first kappa shape index (κ1) is 14.5. The monoisotopic (exact) mass is 306 g/mol. The zero-order valence-electron chi connectivity index (χ0n) is 11.4. The van der Waals surface area contributed by atoms with E-state index in [1.807, 2.05) is 12.1 Å². The standard InChI is InChI=1S/C16H16F2N2S/c17-12-5-6-13(18)11(7-12)8-14(20-19)16-9-10-3-1-2-4-15(10)21-16/h1-7,14,16,20H,8-9,19H2. The summed E-state index contributed by atoms with van der Waals surface area (Å²) < 4.78 is 27.0. The molecule has 21 heavy (non-hydrogen) atoms. The fourth-order valence-corrected chi connectivity index (χ4v) is 4.06. The van der Waals surface area contributed by atoms with Gasteiger partial charge in [0.25, 0.3) is 0 Å². The van der Waals surface area contributed by atoms with Gasteiger partial charge in [0.15, 0.2) is 0 Å². The van der Waals surface area contributed by atoms with E-state index >= 15 is 0 Å². The Morgan fingerprint density at radius 1 is 1.24 bits per heavy atom. The zero-order valence-corrected chi connectivity index (χ0v) is 12.2. The number of fused-ring (bicyclic) bond motifs is 1. The smallest absolute Gasteiger partial charge is 0.126 e. The molecule has 3 N–H and O–H groups in total. The summed E-state index contributed by atoms with van der Waals surface area (Å²) in [5.74, 6) is 4.83. The molecule has 1 aliphatic heterocycles. The van der Waals surface area contributed by atoms with Crippen molar-refractivity contribution in [1.82, 2.24) is 5.43 Å². The van der Waals surface area contributed by atoms with Crippen LogP contribution >= 0.6 is 11.8 Å². The molecule has 0 radical (unpaired) electrons. The molecule has 2 nitrogen and oxygen atoms in total. The number of halogens is 2. The van der Waals surface area contributed by atoms with Crippen molar-refractivity contribution in [1.29, 1.82) is 0 Å². The molecule has 3 rings (SSSR count). The van der Waals surface area contributed by atoms with Gasteiger partial charge in [-0.1, -0.05) is 18.2 Å². The van der Waals surface area contributed by atoms with Crippen LogP contribution in [0.5, 0.6) is 0 Å². The maximum absolute atomic E-state index is 13.8. The second-order valence-corrected chi connectivity index (χ2v) is 6.46. The highest BCUT2D eigenvalue weighted by atomic mass is 32.2. The van der Waals surface area contributed by atoms with E-state index in [1.54, 1.807) is 11.8 Å². The van der Waals surface area contributed by atoms with Gasteiger partial charge in [0.05, 0.1) is 0 Å². The number of rotatable bonds is 4. The Hall–Kier alpha value is -1.43. The van der Waals surface area contributed by atoms with Crippen LogP contribution in [0.3, 0.4) is 0 Å².